The largest absolute Gasteiger partial charge is 0.493 e. The number of rotatable bonds is 12. The lowest BCUT2D eigenvalue weighted by Crippen LogP contribution is -2.30. The zero-order chi connectivity index (χ0) is 28.6. The Morgan fingerprint density at radius 1 is 0.707 bits per heavy atom. The van der Waals surface area contributed by atoms with Crippen molar-refractivity contribution in [1.29, 1.82) is 0 Å². The van der Waals surface area contributed by atoms with Crippen LogP contribution >= 0.6 is 0 Å². The van der Waals surface area contributed by atoms with Crippen LogP contribution in [0.3, 0.4) is 0 Å². The Morgan fingerprint density at radius 2 is 1.22 bits per heavy atom. The van der Waals surface area contributed by atoms with Gasteiger partial charge in [-0.25, -0.2) is 4.79 Å². The molecule has 8 heteroatoms. The van der Waals surface area contributed by atoms with E-state index in [2.05, 4.69) is 0 Å². The van der Waals surface area contributed by atoms with E-state index in [0.717, 1.165) is 22.3 Å². The number of carbonyl (C=O) groups excluding carboxylic acids is 1. The summed E-state index contributed by atoms with van der Waals surface area (Å²) in [7, 11) is 3.17. The topological polar surface area (TPSA) is 86.7 Å². The maximum absolute atomic E-state index is 13.0. The van der Waals surface area contributed by atoms with Gasteiger partial charge in [0.15, 0.2) is 29.1 Å². The number of hydrogen-bond acceptors (Lipinski definition) is 7. The molecule has 1 aliphatic heterocycles. The Hall–Kier alpha value is -4.69. The fourth-order valence-corrected chi connectivity index (χ4v) is 4.90. The van der Waals surface area contributed by atoms with Crippen LogP contribution in [0.25, 0.3) is 0 Å². The fraction of sp³-hybridized carbons (Fsp3) is 0.242. The summed E-state index contributed by atoms with van der Waals surface area (Å²) in [4.78, 5) is 14.6. The van der Waals surface area contributed by atoms with Gasteiger partial charge in [0, 0.05) is 6.54 Å². The number of methoxy groups -OCH3 is 2. The second kappa shape index (κ2) is 13.1. The molecule has 8 nitrogen and oxygen atoms in total. The molecule has 1 heterocycles. The van der Waals surface area contributed by atoms with Crippen LogP contribution in [-0.4, -0.2) is 43.5 Å². The number of carbonyl (C=O) groups is 1. The third-order valence-electron chi connectivity index (χ3n) is 6.95. The van der Waals surface area contributed by atoms with Crippen molar-refractivity contribution in [2.75, 3.05) is 27.4 Å². The molecule has 1 saturated heterocycles. The van der Waals surface area contributed by atoms with Crippen molar-refractivity contribution in [3.05, 3.63) is 119 Å². The number of benzene rings is 4. The van der Waals surface area contributed by atoms with Gasteiger partial charge >= 0.3 is 6.09 Å². The van der Waals surface area contributed by atoms with Gasteiger partial charge in [-0.15, -0.1) is 0 Å². The molecule has 1 aliphatic rings. The van der Waals surface area contributed by atoms with Crippen LogP contribution < -0.4 is 18.9 Å². The summed E-state index contributed by atoms with van der Waals surface area (Å²) >= 11 is 0. The number of aliphatic hydroxyl groups excluding tert-OH is 1. The van der Waals surface area contributed by atoms with Crippen LogP contribution in [0.15, 0.2) is 97.1 Å². The Labute approximate surface area is 239 Å². The average Bonchev–Trinajstić information content (AvgIpc) is 3.35. The molecule has 0 aliphatic carbocycles. The highest BCUT2D eigenvalue weighted by atomic mass is 16.6. The molecule has 41 heavy (non-hydrogen) atoms. The molecular formula is C33H33NO7. The van der Waals surface area contributed by atoms with Gasteiger partial charge in [-0.2, -0.15) is 0 Å². The van der Waals surface area contributed by atoms with E-state index in [1.807, 2.05) is 91.0 Å². The smallest absolute Gasteiger partial charge is 0.411 e. The van der Waals surface area contributed by atoms with E-state index < -0.39 is 18.2 Å². The quantitative estimate of drug-likeness (QED) is 0.226. The molecule has 0 unspecified atom stereocenters. The lowest BCUT2D eigenvalue weighted by Gasteiger charge is -2.26. The first-order valence-electron chi connectivity index (χ1n) is 13.4. The summed E-state index contributed by atoms with van der Waals surface area (Å²) in [6, 6.07) is 30.2. The van der Waals surface area contributed by atoms with Crippen molar-refractivity contribution in [3.8, 4) is 23.0 Å². The Morgan fingerprint density at radius 3 is 1.73 bits per heavy atom. The van der Waals surface area contributed by atoms with Crippen LogP contribution in [0, 0.1) is 0 Å². The molecule has 0 aromatic heterocycles. The lowest BCUT2D eigenvalue weighted by molar-refractivity contribution is 0.128. The minimum atomic E-state index is -0.672. The summed E-state index contributed by atoms with van der Waals surface area (Å²) in [5.74, 6) is 2.21. The summed E-state index contributed by atoms with van der Waals surface area (Å²) in [5.41, 5.74) is 3.54. The van der Waals surface area contributed by atoms with Crippen molar-refractivity contribution in [1.82, 2.24) is 4.90 Å². The van der Waals surface area contributed by atoms with Crippen molar-refractivity contribution in [2.24, 2.45) is 0 Å². The highest BCUT2D eigenvalue weighted by molar-refractivity contribution is 5.72. The summed E-state index contributed by atoms with van der Waals surface area (Å²) in [6.07, 6.45) is -1.19. The molecule has 0 spiro atoms. The monoisotopic (exact) mass is 555 g/mol. The average molecular weight is 556 g/mol. The second-order valence-electron chi connectivity index (χ2n) is 9.54. The highest BCUT2D eigenvalue weighted by Gasteiger charge is 2.44. The first-order valence-corrected chi connectivity index (χ1v) is 13.4. The van der Waals surface area contributed by atoms with E-state index in [0.29, 0.717) is 36.2 Å². The lowest BCUT2D eigenvalue weighted by atomic mass is 9.94. The van der Waals surface area contributed by atoms with Crippen LogP contribution in [-0.2, 0) is 18.0 Å². The molecule has 212 valence electrons. The number of hydrogen-bond donors (Lipinski definition) is 1. The number of β-amino-alcohol motifs (C(OH)–C–C–N with tert-alkyl or cyclic N) is 1. The van der Waals surface area contributed by atoms with E-state index >= 15 is 0 Å². The molecule has 4 aromatic carbocycles. The predicted octanol–water partition coefficient (Wildman–Crippen LogP) is 6.09. The van der Waals surface area contributed by atoms with Crippen molar-refractivity contribution in [3.63, 3.8) is 0 Å². The maximum atomic E-state index is 13.0. The number of cyclic esters (lactones) is 1. The SMILES string of the molecule is COc1ccc([C@@H]2[C@H](c3ccc(OC)c(OCc4ccccc4)c3)OC(=O)N2CCO)cc1OCc1ccccc1. The van der Waals surface area contributed by atoms with E-state index in [1.165, 1.54) is 4.90 Å². The molecule has 1 fully saturated rings. The first kappa shape index (κ1) is 27.9. The Kier molecular flexibility index (Phi) is 8.91. The third-order valence-corrected chi connectivity index (χ3v) is 6.95. The van der Waals surface area contributed by atoms with Gasteiger partial charge in [-0.05, 0) is 46.5 Å². The molecule has 5 rings (SSSR count). The first-order chi connectivity index (χ1) is 20.1. The number of nitrogens with zero attached hydrogens (tertiary/aromatic N) is 1. The van der Waals surface area contributed by atoms with Gasteiger partial charge in [0.1, 0.15) is 19.3 Å². The van der Waals surface area contributed by atoms with Crippen molar-refractivity contribution in [2.45, 2.75) is 25.4 Å². The fourth-order valence-electron chi connectivity index (χ4n) is 4.90. The van der Waals surface area contributed by atoms with Crippen LogP contribution in [0.5, 0.6) is 23.0 Å². The normalized spacial score (nSPS) is 16.3. The number of amides is 1. The molecule has 1 amide bonds. The van der Waals surface area contributed by atoms with Gasteiger partial charge in [-0.3, -0.25) is 4.90 Å². The minimum absolute atomic E-state index is 0.111. The molecule has 4 aromatic rings. The van der Waals surface area contributed by atoms with E-state index in [9.17, 15) is 9.90 Å². The van der Waals surface area contributed by atoms with Gasteiger partial charge in [0.05, 0.1) is 20.8 Å². The molecule has 0 saturated carbocycles. The third kappa shape index (κ3) is 6.39. The van der Waals surface area contributed by atoms with Gasteiger partial charge < -0.3 is 28.8 Å². The van der Waals surface area contributed by atoms with Crippen LogP contribution in [0.1, 0.15) is 34.4 Å². The zero-order valence-electron chi connectivity index (χ0n) is 23.1. The summed E-state index contributed by atoms with van der Waals surface area (Å²) in [6.45, 7) is 0.608. The van der Waals surface area contributed by atoms with Gasteiger partial charge in [0.2, 0.25) is 0 Å². The number of aliphatic hydroxyl groups is 1. The Balaban J connectivity index is 1.47. The van der Waals surface area contributed by atoms with Crippen molar-refractivity contribution >= 4 is 6.09 Å². The van der Waals surface area contributed by atoms with Gasteiger partial charge in [-0.1, -0.05) is 72.8 Å². The maximum Gasteiger partial charge on any atom is 0.411 e. The number of ether oxygens (including phenoxy) is 5. The van der Waals surface area contributed by atoms with Crippen molar-refractivity contribution < 1.29 is 33.6 Å². The molecule has 1 N–H and O–H groups in total. The van der Waals surface area contributed by atoms with E-state index in [4.69, 9.17) is 23.7 Å². The van der Waals surface area contributed by atoms with Crippen LogP contribution in [0.4, 0.5) is 4.79 Å². The predicted molar refractivity (Wildman–Crippen MR) is 153 cm³/mol. The molecule has 2 atom stereocenters. The molecule has 0 bridgehead atoms. The summed E-state index contributed by atoms with van der Waals surface area (Å²) < 4.78 is 29.3. The Bertz CT molecular complexity index is 1440. The zero-order valence-corrected chi connectivity index (χ0v) is 23.1. The van der Waals surface area contributed by atoms with E-state index in [1.54, 1.807) is 20.3 Å². The van der Waals surface area contributed by atoms with E-state index in [-0.39, 0.29) is 13.2 Å². The highest BCUT2D eigenvalue weighted by Crippen LogP contribution is 2.46. The molecular weight excluding hydrogens is 522 g/mol. The van der Waals surface area contributed by atoms with Gasteiger partial charge in [0.25, 0.3) is 0 Å². The standard InChI is InChI=1S/C33H33NO7/c1-37-27-15-13-25(19-29(27)39-21-23-9-5-3-6-10-23)31-32(41-33(36)34(31)17-18-35)26-14-16-28(38-2)30(20-26)40-22-24-11-7-4-8-12-24/h3-16,19-20,31-32,35H,17-18,21-22H2,1-2H3/t31-,32+/m1/s1. The second-order valence-corrected chi connectivity index (χ2v) is 9.54. The summed E-state index contributed by atoms with van der Waals surface area (Å²) in [5, 5.41) is 9.77. The minimum Gasteiger partial charge on any atom is -0.493 e. The molecule has 0 radical (unpaired) electrons. The van der Waals surface area contributed by atoms with Crippen LogP contribution in [0.2, 0.25) is 0 Å².